The van der Waals surface area contributed by atoms with Crippen LogP contribution in [0.15, 0.2) is 24.3 Å². The predicted molar refractivity (Wildman–Crippen MR) is 62.1 cm³/mol. The Kier molecular flexibility index (Phi) is 3.10. The normalized spacial score (nSPS) is 18.5. The summed E-state index contributed by atoms with van der Waals surface area (Å²) in [5.74, 6) is -0.0844. The van der Waals surface area contributed by atoms with Crippen LogP contribution in [0, 0.1) is 0 Å². The van der Waals surface area contributed by atoms with Crippen molar-refractivity contribution in [2.75, 3.05) is 26.0 Å². The van der Waals surface area contributed by atoms with Crippen molar-refractivity contribution in [3.8, 4) is 0 Å². The number of anilines is 1. The van der Waals surface area contributed by atoms with Gasteiger partial charge >= 0.3 is 0 Å². The van der Waals surface area contributed by atoms with Gasteiger partial charge in [0.1, 0.15) is 0 Å². The molecule has 1 aliphatic heterocycles. The summed E-state index contributed by atoms with van der Waals surface area (Å²) in [4.78, 5) is 17.0. The summed E-state index contributed by atoms with van der Waals surface area (Å²) in [5.41, 5.74) is 2.11. The average Bonchev–Trinajstić information content (AvgIpc) is 2.36. The number of para-hydroxylation sites is 1. The molecular weight excluding hydrogens is 204 g/mol. The van der Waals surface area contributed by atoms with Gasteiger partial charge in [0.25, 0.3) is 5.91 Å². The number of nitrogens with one attached hydrogen (secondary N) is 1. The van der Waals surface area contributed by atoms with Crippen molar-refractivity contribution in [2.24, 2.45) is 0 Å². The zero-order chi connectivity index (χ0) is 11.5. The minimum Gasteiger partial charge on any atom is -0.385 e. The largest absolute Gasteiger partial charge is 0.385 e. The van der Waals surface area contributed by atoms with E-state index >= 15 is 0 Å². The molecule has 0 bridgehead atoms. The third-order valence-electron chi connectivity index (χ3n) is 2.97. The molecule has 1 N–H and O–H groups in total. The van der Waals surface area contributed by atoms with E-state index in [1.54, 1.807) is 7.05 Å². The smallest absolute Gasteiger partial charge is 0.253 e. The highest BCUT2D eigenvalue weighted by atomic mass is 16.7. The highest BCUT2D eigenvalue weighted by Crippen LogP contribution is 2.32. The first-order valence-corrected chi connectivity index (χ1v) is 5.38. The Hall–Kier alpha value is -1.55. The van der Waals surface area contributed by atoms with Crippen molar-refractivity contribution in [3.05, 3.63) is 29.8 Å². The van der Waals surface area contributed by atoms with Gasteiger partial charge in [-0.05, 0) is 18.1 Å². The van der Waals surface area contributed by atoms with Crippen molar-refractivity contribution in [1.82, 2.24) is 5.06 Å². The van der Waals surface area contributed by atoms with Crippen LogP contribution in [0.4, 0.5) is 5.69 Å². The number of carbonyl (C=O) groups is 1. The van der Waals surface area contributed by atoms with Gasteiger partial charge in [0.05, 0.1) is 13.0 Å². The molecule has 4 nitrogen and oxygen atoms in total. The number of amides is 1. The van der Waals surface area contributed by atoms with Gasteiger partial charge in [0.15, 0.2) is 0 Å². The van der Waals surface area contributed by atoms with Crippen molar-refractivity contribution >= 4 is 11.6 Å². The fourth-order valence-electron chi connectivity index (χ4n) is 2.03. The molecule has 86 valence electrons. The van der Waals surface area contributed by atoms with E-state index in [4.69, 9.17) is 4.84 Å². The second-order valence-corrected chi connectivity index (χ2v) is 3.87. The van der Waals surface area contributed by atoms with E-state index in [1.807, 2.05) is 24.3 Å². The first-order valence-electron chi connectivity index (χ1n) is 5.38. The lowest BCUT2D eigenvalue weighted by Gasteiger charge is -2.28. The molecular formula is C12H16N2O2. The molecule has 1 atom stereocenters. The number of hydrogen-bond donors (Lipinski definition) is 1. The lowest BCUT2D eigenvalue weighted by atomic mass is 9.90. The summed E-state index contributed by atoms with van der Waals surface area (Å²) >= 11 is 0. The van der Waals surface area contributed by atoms with Gasteiger partial charge < -0.3 is 5.32 Å². The van der Waals surface area contributed by atoms with Crippen LogP contribution in [0.3, 0.4) is 0 Å². The maximum Gasteiger partial charge on any atom is 0.253 e. The number of carbonyl (C=O) groups excluding carboxylic acids is 1. The van der Waals surface area contributed by atoms with E-state index < -0.39 is 0 Å². The van der Waals surface area contributed by atoms with Crippen LogP contribution in [0.2, 0.25) is 0 Å². The predicted octanol–water partition coefficient (Wildman–Crippen LogP) is 1.61. The number of rotatable bonds is 2. The van der Waals surface area contributed by atoms with Gasteiger partial charge in [-0.15, -0.1) is 0 Å². The van der Waals surface area contributed by atoms with Gasteiger partial charge in [0, 0.05) is 19.3 Å². The van der Waals surface area contributed by atoms with Crippen LogP contribution in [-0.4, -0.2) is 31.7 Å². The minimum absolute atomic E-state index is 0.0106. The molecule has 4 heteroatoms. The number of nitrogens with zero attached hydrogens (tertiary/aromatic N) is 1. The van der Waals surface area contributed by atoms with Crippen molar-refractivity contribution in [1.29, 1.82) is 0 Å². The molecule has 2 rings (SSSR count). The van der Waals surface area contributed by atoms with E-state index in [-0.39, 0.29) is 11.8 Å². The number of fused-ring (bicyclic) bond motifs is 1. The maximum atomic E-state index is 12.1. The lowest BCUT2D eigenvalue weighted by Crippen LogP contribution is -2.34. The molecule has 1 aliphatic rings. The van der Waals surface area contributed by atoms with Gasteiger partial charge in [-0.2, -0.15) is 0 Å². The second-order valence-electron chi connectivity index (χ2n) is 3.87. The summed E-state index contributed by atoms with van der Waals surface area (Å²) in [6, 6.07) is 7.92. The Labute approximate surface area is 95.2 Å². The fourth-order valence-corrected chi connectivity index (χ4v) is 2.03. The van der Waals surface area contributed by atoms with Crippen LogP contribution < -0.4 is 5.32 Å². The van der Waals surface area contributed by atoms with Crippen LogP contribution in [0.1, 0.15) is 17.9 Å². The molecule has 0 saturated carbocycles. The molecule has 0 aromatic heterocycles. The summed E-state index contributed by atoms with van der Waals surface area (Å²) in [6.45, 7) is 0.824. The molecule has 0 radical (unpaired) electrons. The molecule has 1 unspecified atom stereocenters. The monoisotopic (exact) mass is 220 g/mol. The summed E-state index contributed by atoms with van der Waals surface area (Å²) < 4.78 is 0. The van der Waals surface area contributed by atoms with Crippen molar-refractivity contribution in [2.45, 2.75) is 12.3 Å². The standard InChI is InChI=1S/C12H16N2O2/c1-14(16-2)12(15)10-7-8-13-11-6-4-3-5-9(10)11/h3-6,10,13H,7-8H2,1-2H3. The Morgan fingerprint density at radius 3 is 3.00 bits per heavy atom. The zero-order valence-corrected chi connectivity index (χ0v) is 9.56. The second kappa shape index (κ2) is 4.53. The molecule has 16 heavy (non-hydrogen) atoms. The quantitative estimate of drug-likeness (QED) is 0.770. The molecule has 1 heterocycles. The zero-order valence-electron chi connectivity index (χ0n) is 9.56. The minimum atomic E-state index is -0.0950. The number of benzene rings is 1. The third-order valence-corrected chi connectivity index (χ3v) is 2.97. The van der Waals surface area contributed by atoms with E-state index in [2.05, 4.69) is 5.32 Å². The molecule has 1 aromatic carbocycles. The SMILES string of the molecule is CON(C)C(=O)C1CCNc2ccccc21. The van der Waals surface area contributed by atoms with Crippen LogP contribution in [0.5, 0.6) is 0 Å². The summed E-state index contributed by atoms with van der Waals surface area (Å²) in [6.07, 6.45) is 0.809. The number of likely N-dealkylation sites (N-methyl/N-ethyl adjacent to an activating group) is 1. The molecule has 0 saturated heterocycles. The van der Waals surface area contributed by atoms with Gasteiger partial charge in [-0.1, -0.05) is 18.2 Å². The number of hydroxylamine groups is 2. The summed E-state index contributed by atoms with van der Waals surface area (Å²) in [5, 5.41) is 4.59. The van der Waals surface area contributed by atoms with E-state index in [1.165, 1.54) is 12.2 Å². The Morgan fingerprint density at radius 2 is 2.25 bits per heavy atom. The van der Waals surface area contributed by atoms with E-state index in [9.17, 15) is 4.79 Å². The lowest BCUT2D eigenvalue weighted by molar-refractivity contribution is -0.170. The molecule has 0 aliphatic carbocycles. The maximum absolute atomic E-state index is 12.1. The van der Waals surface area contributed by atoms with Crippen LogP contribution >= 0.6 is 0 Å². The molecule has 0 fully saturated rings. The van der Waals surface area contributed by atoms with E-state index in [0.717, 1.165) is 24.2 Å². The Bertz CT molecular complexity index is 392. The highest BCUT2D eigenvalue weighted by molar-refractivity contribution is 5.85. The number of hydrogen-bond acceptors (Lipinski definition) is 3. The first kappa shape index (κ1) is 11.0. The van der Waals surface area contributed by atoms with Crippen molar-refractivity contribution < 1.29 is 9.63 Å². The fraction of sp³-hybridized carbons (Fsp3) is 0.417. The van der Waals surface area contributed by atoms with Gasteiger partial charge in [-0.3, -0.25) is 9.63 Å². The van der Waals surface area contributed by atoms with Gasteiger partial charge in [-0.25, -0.2) is 5.06 Å². The molecule has 1 amide bonds. The van der Waals surface area contributed by atoms with Crippen LogP contribution in [-0.2, 0) is 9.63 Å². The Morgan fingerprint density at radius 1 is 1.50 bits per heavy atom. The van der Waals surface area contributed by atoms with Crippen LogP contribution in [0.25, 0.3) is 0 Å². The molecule has 0 spiro atoms. The topological polar surface area (TPSA) is 41.6 Å². The van der Waals surface area contributed by atoms with Crippen molar-refractivity contribution in [3.63, 3.8) is 0 Å². The highest BCUT2D eigenvalue weighted by Gasteiger charge is 2.28. The third kappa shape index (κ3) is 1.88. The average molecular weight is 220 g/mol. The summed E-state index contributed by atoms with van der Waals surface area (Å²) in [7, 11) is 3.15. The molecule has 1 aromatic rings. The first-order chi connectivity index (χ1) is 7.74. The Balaban J connectivity index is 2.28. The van der Waals surface area contributed by atoms with E-state index in [0.29, 0.717) is 0 Å². The van der Waals surface area contributed by atoms with Gasteiger partial charge in [0.2, 0.25) is 0 Å².